The van der Waals surface area contributed by atoms with Crippen molar-refractivity contribution in [3.8, 4) is 5.75 Å². The molecule has 3 heterocycles. The van der Waals surface area contributed by atoms with E-state index in [1.165, 1.54) is 12.1 Å². The molecule has 0 atom stereocenters. The smallest absolute Gasteiger partial charge is 0.289 e. The number of amides is 1. The lowest BCUT2D eigenvalue weighted by atomic mass is 10.2. The van der Waals surface area contributed by atoms with E-state index < -0.39 is 0 Å². The summed E-state index contributed by atoms with van der Waals surface area (Å²) < 4.78 is 24.1. The van der Waals surface area contributed by atoms with E-state index >= 15 is 0 Å². The van der Waals surface area contributed by atoms with Crippen LogP contribution in [0.25, 0.3) is 0 Å². The number of piperazine rings is 1. The monoisotopic (exact) mass is 381 g/mol. The van der Waals surface area contributed by atoms with E-state index in [4.69, 9.17) is 9.15 Å². The molecule has 0 unspecified atom stereocenters. The minimum atomic E-state index is -0.318. The predicted molar refractivity (Wildman–Crippen MR) is 102 cm³/mol. The quantitative estimate of drug-likeness (QED) is 0.678. The van der Waals surface area contributed by atoms with Gasteiger partial charge in [0.25, 0.3) is 5.91 Å². The summed E-state index contributed by atoms with van der Waals surface area (Å²) >= 11 is 0. The molecule has 0 spiro atoms. The molecule has 6 nitrogen and oxygen atoms in total. The van der Waals surface area contributed by atoms with E-state index in [0.29, 0.717) is 30.4 Å². The second-order valence-electron chi connectivity index (χ2n) is 6.48. The second kappa shape index (κ2) is 8.12. The molecule has 0 aliphatic carbocycles. The standard InChI is InChI=1S/C21H20FN3O3/c22-16-4-6-17(7-5-16)27-15-18-8-9-19(28-18)21(26)25-13-11-24(12-14-25)20-3-1-2-10-23-20/h1-10H,11-15H2. The normalized spacial score (nSPS) is 14.2. The molecule has 1 aliphatic rings. The number of hydrogen-bond donors (Lipinski definition) is 0. The highest BCUT2D eigenvalue weighted by molar-refractivity contribution is 5.91. The number of hydrogen-bond acceptors (Lipinski definition) is 5. The van der Waals surface area contributed by atoms with Crippen LogP contribution in [-0.4, -0.2) is 42.0 Å². The minimum absolute atomic E-state index is 0.131. The lowest BCUT2D eigenvalue weighted by Crippen LogP contribution is -2.49. The highest BCUT2D eigenvalue weighted by Gasteiger charge is 2.24. The van der Waals surface area contributed by atoms with Gasteiger partial charge in [-0.1, -0.05) is 6.07 Å². The van der Waals surface area contributed by atoms with Crippen molar-refractivity contribution in [3.05, 3.63) is 78.1 Å². The SMILES string of the molecule is O=C(c1ccc(COc2ccc(F)cc2)o1)N1CCN(c2ccccn2)CC1. The molecule has 2 aromatic heterocycles. The van der Waals surface area contributed by atoms with Gasteiger partial charge in [0.2, 0.25) is 0 Å². The highest BCUT2D eigenvalue weighted by atomic mass is 19.1. The van der Waals surface area contributed by atoms with Gasteiger partial charge in [0.1, 0.15) is 29.8 Å². The zero-order valence-corrected chi connectivity index (χ0v) is 15.3. The molecule has 28 heavy (non-hydrogen) atoms. The fourth-order valence-electron chi connectivity index (χ4n) is 3.09. The van der Waals surface area contributed by atoms with Gasteiger partial charge in [0.15, 0.2) is 5.76 Å². The fraction of sp³-hybridized carbons (Fsp3) is 0.238. The summed E-state index contributed by atoms with van der Waals surface area (Å²) in [6, 6.07) is 15.0. The van der Waals surface area contributed by atoms with E-state index in [1.807, 2.05) is 18.2 Å². The Labute approximate surface area is 162 Å². The van der Waals surface area contributed by atoms with Crippen molar-refractivity contribution in [1.29, 1.82) is 0 Å². The summed E-state index contributed by atoms with van der Waals surface area (Å²) in [7, 11) is 0. The lowest BCUT2D eigenvalue weighted by molar-refractivity contribution is 0.0710. The van der Waals surface area contributed by atoms with Crippen molar-refractivity contribution in [2.75, 3.05) is 31.1 Å². The Morgan fingerprint density at radius 3 is 2.54 bits per heavy atom. The first-order chi connectivity index (χ1) is 13.7. The van der Waals surface area contributed by atoms with Crippen LogP contribution >= 0.6 is 0 Å². The number of aromatic nitrogens is 1. The molecule has 4 rings (SSSR count). The first-order valence-corrected chi connectivity index (χ1v) is 9.11. The fourth-order valence-corrected chi connectivity index (χ4v) is 3.09. The number of anilines is 1. The van der Waals surface area contributed by atoms with Crippen molar-refractivity contribution in [2.45, 2.75) is 6.61 Å². The number of halogens is 1. The van der Waals surface area contributed by atoms with Crippen LogP contribution in [0.15, 0.2) is 65.2 Å². The number of pyridine rings is 1. The van der Waals surface area contributed by atoms with Gasteiger partial charge >= 0.3 is 0 Å². The van der Waals surface area contributed by atoms with Crippen LogP contribution in [0.3, 0.4) is 0 Å². The zero-order chi connectivity index (χ0) is 19.3. The van der Waals surface area contributed by atoms with E-state index in [-0.39, 0.29) is 18.3 Å². The number of ether oxygens (including phenoxy) is 1. The van der Waals surface area contributed by atoms with Crippen LogP contribution in [0.4, 0.5) is 10.2 Å². The number of benzene rings is 1. The Kier molecular flexibility index (Phi) is 5.23. The summed E-state index contributed by atoms with van der Waals surface area (Å²) in [4.78, 5) is 21.0. The molecule has 3 aromatic rings. The van der Waals surface area contributed by atoms with E-state index in [9.17, 15) is 9.18 Å². The summed E-state index contributed by atoms with van der Waals surface area (Å²) in [6.45, 7) is 2.84. The molecule has 144 valence electrons. The summed E-state index contributed by atoms with van der Waals surface area (Å²) in [5.41, 5.74) is 0. The van der Waals surface area contributed by atoms with Gasteiger partial charge in [0, 0.05) is 32.4 Å². The van der Waals surface area contributed by atoms with Crippen molar-refractivity contribution in [1.82, 2.24) is 9.88 Å². The number of rotatable bonds is 5. The molecule has 0 saturated carbocycles. The number of furan rings is 1. The maximum atomic E-state index is 12.9. The number of carbonyl (C=O) groups excluding carboxylic acids is 1. The Hall–Kier alpha value is -3.35. The molecule has 1 amide bonds. The molecule has 0 bridgehead atoms. The topological polar surface area (TPSA) is 58.8 Å². The Balaban J connectivity index is 1.31. The predicted octanol–water partition coefficient (Wildman–Crippen LogP) is 3.36. The van der Waals surface area contributed by atoms with Crippen LogP contribution < -0.4 is 9.64 Å². The average Bonchev–Trinajstić information content (AvgIpc) is 3.23. The van der Waals surface area contributed by atoms with Crippen molar-refractivity contribution in [2.24, 2.45) is 0 Å². The van der Waals surface area contributed by atoms with Crippen LogP contribution in [0.1, 0.15) is 16.3 Å². The Morgan fingerprint density at radius 1 is 1.04 bits per heavy atom. The third kappa shape index (κ3) is 4.14. The molecule has 0 N–H and O–H groups in total. The molecular weight excluding hydrogens is 361 g/mol. The van der Waals surface area contributed by atoms with Gasteiger partial charge in [-0.05, 0) is 48.5 Å². The second-order valence-corrected chi connectivity index (χ2v) is 6.48. The summed E-state index contributed by atoms with van der Waals surface area (Å²) in [6.07, 6.45) is 1.77. The lowest BCUT2D eigenvalue weighted by Gasteiger charge is -2.34. The van der Waals surface area contributed by atoms with Gasteiger partial charge in [-0.2, -0.15) is 0 Å². The molecule has 7 heteroatoms. The third-order valence-electron chi connectivity index (χ3n) is 4.61. The molecular formula is C21H20FN3O3. The summed E-state index contributed by atoms with van der Waals surface area (Å²) in [5, 5.41) is 0. The van der Waals surface area contributed by atoms with E-state index in [0.717, 1.165) is 18.9 Å². The largest absolute Gasteiger partial charge is 0.486 e. The molecule has 1 aliphatic heterocycles. The maximum Gasteiger partial charge on any atom is 0.289 e. The first kappa shape index (κ1) is 18.0. The maximum absolute atomic E-state index is 12.9. The molecule has 0 radical (unpaired) electrons. The average molecular weight is 381 g/mol. The summed E-state index contributed by atoms with van der Waals surface area (Å²) in [5.74, 6) is 1.85. The van der Waals surface area contributed by atoms with E-state index in [1.54, 1.807) is 35.4 Å². The van der Waals surface area contributed by atoms with Gasteiger partial charge in [-0.3, -0.25) is 4.79 Å². The molecule has 1 aromatic carbocycles. The Bertz CT molecular complexity index is 920. The number of nitrogens with zero attached hydrogens (tertiary/aromatic N) is 3. The Morgan fingerprint density at radius 2 is 1.82 bits per heavy atom. The van der Waals surface area contributed by atoms with Gasteiger partial charge in [-0.15, -0.1) is 0 Å². The van der Waals surface area contributed by atoms with E-state index in [2.05, 4.69) is 9.88 Å². The van der Waals surface area contributed by atoms with Gasteiger partial charge in [-0.25, -0.2) is 9.37 Å². The highest BCUT2D eigenvalue weighted by Crippen LogP contribution is 2.18. The number of carbonyl (C=O) groups is 1. The third-order valence-corrected chi connectivity index (χ3v) is 4.61. The zero-order valence-electron chi connectivity index (χ0n) is 15.3. The van der Waals surface area contributed by atoms with Gasteiger partial charge in [0.05, 0.1) is 0 Å². The van der Waals surface area contributed by atoms with Crippen molar-refractivity contribution >= 4 is 11.7 Å². The van der Waals surface area contributed by atoms with Crippen molar-refractivity contribution < 1.29 is 18.3 Å². The molecule has 1 fully saturated rings. The first-order valence-electron chi connectivity index (χ1n) is 9.11. The van der Waals surface area contributed by atoms with Crippen LogP contribution in [0, 0.1) is 5.82 Å². The van der Waals surface area contributed by atoms with Crippen LogP contribution in [0.5, 0.6) is 5.75 Å². The van der Waals surface area contributed by atoms with Crippen molar-refractivity contribution in [3.63, 3.8) is 0 Å². The molecule has 1 saturated heterocycles. The van der Waals surface area contributed by atoms with Gasteiger partial charge < -0.3 is 19.0 Å². The van der Waals surface area contributed by atoms with Crippen LogP contribution in [-0.2, 0) is 6.61 Å². The minimum Gasteiger partial charge on any atom is -0.486 e. The van der Waals surface area contributed by atoms with Crippen LogP contribution in [0.2, 0.25) is 0 Å².